The maximum absolute atomic E-state index is 8.60. The van der Waals surface area contributed by atoms with E-state index in [4.69, 9.17) is 47.0 Å². The van der Waals surface area contributed by atoms with Gasteiger partial charge in [-0.3, -0.25) is 0 Å². The van der Waals surface area contributed by atoms with Crippen LogP contribution in [0.15, 0.2) is 73.1 Å². The van der Waals surface area contributed by atoms with Crippen molar-refractivity contribution in [3.05, 3.63) is 48.5 Å². The Morgan fingerprint density at radius 3 is 1.74 bits per heavy atom. The summed E-state index contributed by atoms with van der Waals surface area (Å²) < 4.78 is 72.1. The number of nitrogens with zero attached hydrogens (tertiary/aromatic N) is 1. The summed E-state index contributed by atoms with van der Waals surface area (Å²) in [7, 11) is -7.90. The van der Waals surface area contributed by atoms with Gasteiger partial charge in [0.2, 0.25) is 0 Å². The molecule has 1 aliphatic heterocycles. The zero-order chi connectivity index (χ0) is 26.9. The average molecular weight is 572 g/mol. The number of aliphatic imine (C=N–C) groups is 1. The maximum atomic E-state index is 8.60. The summed E-state index contributed by atoms with van der Waals surface area (Å²) in [5.74, 6) is 1.79. The molecular weight excluding hydrogens is 545 g/mol. The van der Waals surface area contributed by atoms with E-state index >= 15 is 0 Å². The molecule has 0 spiro atoms. The number of halogens is 2. The van der Waals surface area contributed by atoms with Crippen molar-refractivity contribution in [1.82, 2.24) is 0 Å². The zero-order valence-electron chi connectivity index (χ0n) is 19.5. The molecule has 1 N–H and O–H groups in total. The third-order valence-electron chi connectivity index (χ3n) is 4.42. The summed E-state index contributed by atoms with van der Waals surface area (Å²) in [6.07, 6.45) is 2.18. The SMILES string of the molecule is CCCC(C)(C[S+]1c2ccccc2Sc2ccccc21)N=C(C)OC.[O-][Cl+3]([O-])([O-])O.[O-][Cl+3]([O-])([O-])[O-]. The molecule has 1 aliphatic rings. The van der Waals surface area contributed by atoms with Crippen LogP contribution in [-0.4, -0.2) is 29.0 Å². The molecule has 2 aromatic rings. The van der Waals surface area contributed by atoms with Gasteiger partial charge in [-0.1, -0.05) is 49.4 Å². The van der Waals surface area contributed by atoms with Crippen molar-refractivity contribution >= 4 is 28.6 Å². The van der Waals surface area contributed by atoms with E-state index in [0.717, 1.165) is 24.5 Å². The van der Waals surface area contributed by atoms with Gasteiger partial charge in [0, 0.05) is 6.92 Å². The van der Waals surface area contributed by atoms with Crippen molar-refractivity contribution in [1.29, 1.82) is 0 Å². The lowest BCUT2D eigenvalue weighted by Crippen LogP contribution is -2.68. The first kappa shape index (κ1) is 31.9. The lowest BCUT2D eigenvalue weighted by atomic mass is 10.00. The first-order valence-corrected chi connectivity index (χ1v) is 14.7. The molecule has 1 unspecified atom stereocenters. The van der Waals surface area contributed by atoms with E-state index in [0.29, 0.717) is 0 Å². The third-order valence-corrected chi connectivity index (χ3v) is 8.51. The van der Waals surface area contributed by atoms with Gasteiger partial charge in [-0.15, -0.1) is 10.2 Å². The second-order valence-electron chi connectivity index (χ2n) is 7.39. The lowest BCUT2D eigenvalue weighted by molar-refractivity contribution is -2.00. The molecule has 35 heavy (non-hydrogen) atoms. The Kier molecular flexibility index (Phi) is 12.7. The van der Waals surface area contributed by atoms with Crippen LogP contribution in [0.5, 0.6) is 0 Å². The molecule has 2 aromatic carbocycles. The van der Waals surface area contributed by atoms with Crippen molar-refractivity contribution in [3.8, 4) is 0 Å². The summed E-state index contributed by atoms with van der Waals surface area (Å²) in [4.78, 5) is 10.6. The highest BCUT2D eigenvalue weighted by molar-refractivity contribution is 8.04. The Morgan fingerprint density at radius 1 is 0.971 bits per heavy atom. The lowest BCUT2D eigenvalue weighted by Gasteiger charge is -2.27. The maximum Gasteiger partial charge on any atom is 0.180 e. The first-order valence-electron chi connectivity index (χ1n) is 9.98. The van der Waals surface area contributed by atoms with Crippen molar-refractivity contribution in [3.63, 3.8) is 0 Å². The van der Waals surface area contributed by atoms with Gasteiger partial charge in [-0.25, -0.2) is 23.6 Å². The van der Waals surface area contributed by atoms with Gasteiger partial charge in [0.25, 0.3) is 0 Å². The smallest absolute Gasteiger partial charge is 0.180 e. The molecule has 0 saturated carbocycles. The molecule has 0 aromatic heterocycles. The molecule has 0 aliphatic carbocycles. The summed E-state index contributed by atoms with van der Waals surface area (Å²) in [5.41, 5.74) is -0.111. The number of hydrogen-bond donors (Lipinski definition) is 1. The van der Waals surface area contributed by atoms with Crippen LogP contribution in [0.25, 0.3) is 0 Å². The Hall–Kier alpha value is -1.13. The second kappa shape index (κ2) is 14.0. The number of benzene rings is 2. The Balaban J connectivity index is 0.000000519. The minimum Gasteiger partial charge on any atom is -0.484 e. The van der Waals surface area contributed by atoms with Crippen LogP contribution in [-0.2, 0) is 15.6 Å². The second-order valence-corrected chi connectivity index (χ2v) is 12.0. The molecular formula is C21H27Cl2NO9S2. The topological polar surface area (TPSA) is 203 Å². The van der Waals surface area contributed by atoms with E-state index in [-0.39, 0.29) is 16.4 Å². The third kappa shape index (κ3) is 13.1. The van der Waals surface area contributed by atoms with Crippen LogP contribution in [0.1, 0.15) is 33.6 Å². The van der Waals surface area contributed by atoms with Crippen LogP contribution in [0.2, 0.25) is 0 Å². The number of rotatable bonds is 5. The van der Waals surface area contributed by atoms with Gasteiger partial charge in [-0.05, 0) is 37.6 Å². The summed E-state index contributed by atoms with van der Waals surface area (Å²) in [5, 5.41) is 0. The highest BCUT2D eigenvalue weighted by Gasteiger charge is 2.41. The minimum atomic E-state index is -4.94. The quantitative estimate of drug-likeness (QED) is 0.218. The monoisotopic (exact) mass is 571 g/mol. The highest BCUT2D eigenvalue weighted by Crippen LogP contribution is 2.46. The van der Waals surface area contributed by atoms with Gasteiger partial charge in [0.15, 0.2) is 15.7 Å². The fourth-order valence-corrected chi connectivity index (χ4v) is 7.51. The summed E-state index contributed by atoms with van der Waals surface area (Å²) >= 11 is 1.89. The molecule has 196 valence electrons. The number of ether oxygens (including phenoxy) is 1. The van der Waals surface area contributed by atoms with Crippen LogP contribution >= 0.6 is 11.8 Å². The van der Waals surface area contributed by atoms with Crippen LogP contribution < -0.4 is 32.6 Å². The molecule has 3 rings (SSSR count). The molecule has 14 heteroatoms. The molecule has 10 nitrogen and oxygen atoms in total. The molecule has 0 radical (unpaired) electrons. The number of fused-ring (bicyclic) bond motifs is 2. The summed E-state index contributed by atoms with van der Waals surface area (Å²) in [6, 6.07) is 17.7. The van der Waals surface area contributed by atoms with Crippen molar-refractivity contribution in [2.24, 2.45) is 4.99 Å². The Morgan fingerprint density at radius 2 is 1.37 bits per heavy atom. The molecule has 1 heterocycles. The van der Waals surface area contributed by atoms with Crippen molar-refractivity contribution < 1.29 is 62.5 Å². The zero-order valence-corrected chi connectivity index (χ0v) is 22.6. The van der Waals surface area contributed by atoms with Gasteiger partial charge in [-0.2, -0.15) is 14.0 Å². The van der Waals surface area contributed by atoms with Crippen LogP contribution in [0, 0.1) is 20.5 Å². The van der Waals surface area contributed by atoms with E-state index in [1.54, 1.807) is 7.11 Å². The molecule has 0 bridgehead atoms. The predicted molar refractivity (Wildman–Crippen MR) is 111 cm³/mol. The Labute approximate surface area is 215 Å². The van der Waals surface area contributed by atoms with Crippen LogP contribution in [0.3, 0.4) is 0 Å². The van der Waals surface area contributed by atoms with Crippen LogP contribution in [0.4, 0.5) is 0 Å². The summed E-state index contributed by atoms with van der Waals surface area (Å²) in [6.45, 7) is 6.46. The van der Waals surface area contributed by atoms with E-state index in [2.05, 4.69) is 62.4 Å². The van der Waals surface area contributed by atoms with Crippen molar-refractivity contribution in [2.75, 3.05) is 12.9 Å². The minimum absolute atomic E-state index is 0.0327. The average Bonchev–Trinajstić information content (AvgIpc) is 2.71. The van der Waals surface area contributed by atoms with E-state index in [1.165, 1.54) is 19.6 Å². The molecule has 0 saturated heterocycles. The fourth-order valence-electron chi connectivity index (χ4n) is 3.30. The highest BCUT2D eigenvalue weighted by atomic mass is 35.7. The molecule has 0 fully saturated rings. The van der Waals surface area contributed by atoms with Gasteiger partial charge in [0.05, 0.1) is 42.7 Å². The van der Waals surface area contributed by atoms with Crippen molar-refractivity contribution in [2.45, 2.75) is 58.7 Å². The molecule has 0 amide bonds. The first-order chi connectivity index (χ1) is 16.1. The fraction of sp³-hybridized carbons (Fsp3) is 0.381. The van der Waals surface area contributed by atoms with E-state index in [9.17, 15) is 0 Å². The van der Waals surface area contributed by atoms with E-state index in [1.807, 2.05) is 18.7 Å². The predicted octanol–water partition coefficient (Wildman–Crippen LogP) is -3.07. The van der Waals surface area contributed by atoms with E-state index < -0.39 is 20.5 Å². The van der Waals surface area contributed by atoms with Gasteiger partial charge in [0.1, 0.15) is 11.3 Å². The standard InChI is InChI=1S/C21H26NOS2.2ClHO4/c1-5-14-21(3,22-16(2)23-4)15-25-19-12-8-6-10-17(19)24-18-11-7-9-13-20(18)25;2*2-1(3,4)5/h6-13H,5,14-15H2,1-4H3;2*(H,2,3,4,5)/q+1;;/p-1. The van der Waals surface area contributed by atoms with Gasteiger partial charge >= 0.3 is 0 Å². The largest absolute Gasteiger partial charge is 0.484 e. The number of hydrogen-bond acceptors (Lipinski definition) is 11. The molecule has 1 atom stereocenters. The number of methoxy groups -OCH3 is 1. The Bertz CT molecular complexity index is 901. The van der Waals surface area contributed by atoms with Gasteiger partial charge < -0.3 is 4.74 Å². The normalized spacial score (nSPS) is 15.4.